The maximum Gasteiger partial charge on any atom is 0.336 e. The zero-order chi connectivity index (χ0) is 13.3. The Labute approximate surface area is 102 Å². The maximum atomic E-state index is 11.2. The van der Waals surface area contributed by atoms with Gasteiger partial charge in [0.05, 0.1) is 18.2 Å². The lowest BCUT2D eigenvalue weighted by Crippen LogP contribution is -2.04. The standard InChI is InChI=1S/C13H10O5/c1-18-8-5-7-3-2-4-9(12(14)15)11(7)10(6-8)13(16)17/h2-6H,1H3,(H,14,15)(H,16,17). The first-order valence-electron chi connectivity index (χ1n) is 5.12. The van der Waals surface area contributed by atoms with Gasteiger partial charge in [-0.15, -0.1) is 0 Å². The number of hydrogen-bond acceptors (Lipinski definition) is 3. The van der Waals surface area contributed by atoms with Crippen molar-refractivity contribution in [1.29, 1.82) is 0 Å². The molecule has 0 aliphatic carbocycles. The minimum atomic E-state index is -1.19. The summed E-state index contributed by atoms with van der Waals surface area (Å²) in [7, 11) is 1.42. The predicted octanol–water partition coefficient (Wildman–Crippen LogP) is 2.24. The van der Waals surface area contributed by atoms with E-state index in [1.807, 2.05) is 0 Å². The molecule has 0 fully saturated rings. The summed E-state index contributed by atoms with van der Waals surface area (Å²) in [5, 5.41) is 19.0. The molecule has 18 heavy (non-hydrogen) atoms. The fourth-order valence-electron chi connectivity index (χ4n) is 1.87. The van der Waals surface area contributed by atoms with E-state index in [4.69, 9.17) is 14.9 Å². The van der Waals surface area contributed by atoms with E-state index in [9.17, 15) is 9.59 Å². The van der Waals surface area contributed by atoms with Gasteiger partial charge >= 0.3 is 11.9 Å². The summed E-state index contributed by atoms with van der Waals surface area (Å²) in [4.78, 5) is 22.3. The van der Waals surface area contributed by atoms with Crippen LogP contribution in [0.1, 0.15) is 20.7 Å². The molecule has 0 aliphatic heterocycles. The average molecular weight is 246 g/mol. The van der Waals surface area contributed by atoms with Crippen molar-refractivity contribution in [3.63, 3.8) is 0 Å². The van der Waals surface area contributed by atoms with Gasteiger partial charge in [0, 0.05) is 5.39 Å². The summed E-state index contributed by atoms with van der Waals surface area (Å²) in [5.41, 5.74) is -0.116. The Bertz CT molecular complexity index is 645. The molecule has 5 heteroatoms. The Morgan fingerprint density at radius 2 is 1.72 bits per heavy atom. The van der Waals surface area contributed by atoms with E-state index in [-0.39, 0.29) is 16.5 Å². The molecule has 0 aromatic heterocycles. The van der Waals surface area contributed by atoms with E-state index in [0.29, 0.717) is 11.1 Å². The van der Waals surface area contributed by atoms with Crippen molar-refractivity contribution in [2.24, 2.45) is 0 Å². The van der Waals surface area contributed by atoms with E-state index < -0.39 is 11.9 Å². The Hall–Kier alpha value is -2.56. The van der Waals surface area contributed by atoms with Crippen molar-refractivity contribution >= 4 is 22.7 Å². The van der Waals surface area contributed by atoms with Crippen molar-refractivity contribution < 1.29 is 24.5 Å². The van der Waals surface area contributed by atoms with Crippen LogP contribution in [0.3, 0.4) is 0 Å². The lowest BCUT2D eigenvalue weighted by Gasteiger charge is -2.09. The lowest BCUT2D eigenvalue weighted by atomic mass is 9.99. The summed E-state index contributed by atoms with van der Waals surface area (Å²) in [6, 6.07) is 7.52. The van der Waals surface area contributed by atoms with Crippen LogP contribution in [-0.2, 0) is 0 Å². The van der Waals surface area contributed by atoms with Gasteiger partial charge in [0.2, 0.25) is 0 Å². The molecule has 2 aromatic rings. The van der Waals surface area contributed by atoms with Gasteiger partial charge in [0.1, 0.15) is 5.75 Å². The van der Waals surface area contributed by atoms with Crippen molar-refractivity contribution in [3.05, 3.63) is 41.5 Å². The summed E-state index contributed by atoms with van der Waals surface area (Å²) in [5.74, 6) is -1.97. The number of aromatic carboxylic acids is 2. The number of rotatable bonds is 3. The molecule has 0 spiro atoms. The highest BCUT2D eigenvalue weighted by Crippen LogP contribution is 2.28. The highest BCUT2D eigenvalue weighted by Gasteiger charge is 2.17. The molecule has 0 aliphatic rings. The second-order valence-electron chi connectivity index (χ2n) is 3.69. The lowest BCUT2D eigenvalue weighted by molar-refractivity contribution is 0.0695. The highest BCUT2D eigenvalue weighted by atomic mass is 16.5. The van der Waals surface area contributed by atoms with Crippen LogP contribution in [0.5, 0.6) is 5.75 Å². The number of methoxy groups -OCH3 is 1. The molecule has 2 N–H and O–H groups in total. The van der Waals surface area contributed by atoms with Gasteiger partial charge in [-0.25, -0.2) is 9.59 Å². The van der Waals surface area contributed by atoms with Crippen molar-refractivity contribution in [1.82, 2.24) is 0 Å². The van der Waals surface area contributed by atoms with Gasteiger partial charge in [-0.05, 0) is 23.6 Å². The third-order valence-electron chi connectivity index (χ3n) is 2.65. The second kappa shape index (κ2) is 4.37. The molecule has 0 heterocycles. The van der Waals surface area contributed by atoms with E-state index in [0.717, 1.165) is 0 Å². The summed E-state index contributed by atoms with van der Waals surface area (Å²) < 4.78 is 5.00. The van der Waals surface area contributed by atoms with Crippen LogP contribution in [-0.4, -0.2) is 29.3 Å². The smallest absolute Gasteiger partial charge is 0.336 e. The molecular weight excluding hydrogens is 236 g/mol. The first-order valence-corrected chi connectivity index (χ1v) is 5.12. The molecule has 0 amide bonds. The number of ether oxygens (including phenoxy) is 1. The Kier molecular flexibility index (Phi) is 2.89. The van der Waals surface area contributed by atoms with E-state index in [1.165, 1.54) is 19.2 Å². The minimum absolute atomic E-state index is 0.0347. The SMILES string of the molecule is COc1cc(C(=O)O)c2c(C(=O)O)cccc2c1. The number of carboxylic acids is 2. The molecule has 0 unspecified atom stereocenters. The number of fused-ring (bicyclic) bond motifs is 1. The third kappa shape index (κ3) is 1.86. The molecule has 0 atom stereocenters. The van der Waals surface area contributed by atoms with Gasteiger partial charge in [-0.3, -0.25) is 0 Å². The number of carbonyl (C=O) groups is 2. The van der Waals surface area contributed by atoms with Crippen molar-refractivity contribution in [3.8, 4) is 5.75 Å². The number of hydrogen-bond donors (Lipinski definition) is 2. The van der Waals surface area contributed by atoms with Gasteiger partial charge in [0.15, 0.2) is 0 Å². The van der Waals surface area contributed by atoms with Gasteiger partial charge in [-0.2, -0.15) is 0 Å². The zero-order valence-electron chi connectivity index (χ0n) is 9.51. The molecule has 5 nitrogen and oxygen atoms in total. The predicted molar refractivity (Wildman–Crippen MR) is 64.4 cm³/mol. The molecule has 2 rings (SSSR count). The zero-order valence-corrected chi connectivity index (χ0v) is 9.51. The monoisotopic (exact) mass is 246 g/mol. The molecule has 0 radical (unpaired) electrons. The normalized spacial score (nSPS) is 10.3. The van der Waals surface area contributed by atoms with Crippen LogP contribution in [0.4, 0.5) is 0 Å². The van der Waals surface area contributed by atoms with Crippen LogP contribution >= 0.6 is 0 Å². The molecule has 0 saturated carbocycles. The highest BCUT2D eigenvalue weighted by molar-refractivity contribution is 6.13. The van der Waals surface area contributed by atoms with Crippen LogP contribution in [0.15, 0.2) is 30.3 Å². The maximum absolute atomic E-state index is 11.2. The molecule has 2 aromatic carbocycles. The Balaban J connectivity index is 2.92. The second-order valence-corrected chi connectivity index (χ2v) is 3.69. The topological polar surface area (TPSA) is 83.8 Å². The number of carboxylic acid groups (broad SMARTS) is 2. The van der Waals surface area contributed by atoms with Crippen molar-refractivity contribution in [2.75, 3.05) is 7.11 Å². The largest absolute Gasteiger partial charge is 0.497 e. The average Bonchev–Trinajstić information content (AvgIpc) is 2.36. The van der Waals surface area contributed by atoms with Crippen LogP contribution < -0.4 is 4.74 Å². The molecule has 0 bridgehead atoms. The van der Waals surface area contributed by atoms with Crippen molar-refractivity contribution in [2.45, 2.75) is 0 Å². The van der Waals surface area contributed by atoms with Gasteiger partial charge < -0.3 is 14.9 Å². The van der Waals surface area contributed by atoms with E-state index >= 15 is 0 Å². The van der Waals surface area contributed by atoms with Crippen LogP contribution in [0.2, 0.25) is 0 Å². The summed E-state index contributed by atoms with van der Waals surface area (Å²) in [6.45, 7) is 0. The minimum Gasteiger partial charge on any atom is -0.497 e. The fraction of sp³-hybridized carbons (Fsp3) is 0.0769. The van der Waals surface area contributed by atoms with Crippen LogP contribution in [0.25, 0.3) is 10.8 Å². The van der Waals surface area contributed by atoms with Gasteiger partial charge in [0.25, 0.3) is 0 Å². The first kappa shape index (κ1) is 11.9. The summed E-state index contributed by atoms with van der Waals surface area (Å²) >= 11 is 0. The van der Waals surface area contributed by atoms with Crippen LogP contribution in [0, 0.1) is 0 Å². The molecule has 92 valence electrons. The number of benzene rings is 2. The van der Waals surface area contributed by atoms with E-state index in [1.54, 1.807) is 18.2 Å². The molecular formula is C13H10O5. The Morgan fingerprint density at radius 3 is 2.28 bits per heavy atom. The fourth-order valence-corrected chi connectivity index (χ4v) is 1.87. The third-order valence-corrected chi connectivity index (χ3v) is 2.65. The quantitative estimate of drug-likeness (QED) is 0.867. The summed E-state index contributed by atoms with van der Waals surface area (Å²) in [6.07, 6.45) is 0. The molecule has 0 saturated heterocycles. The first-order chi connectivity index (χ1) is 8.54. The van der Waals surface area contributed by atoms with E-state index in [2.05, 4.69) is 0 Å². The Morgan fingerprint density at radius 1 is 1.06 bits per heavy atom. The van der Waals surface area contributed by atoms with Gasteiger partial charge in [-0.1, -0.05) is 12.1 Å².